The number of carbonyl (C=O) groups excluding carboxylic acids is 2. The van der Waals surface area contributed by atoms with E-state index in [9.17, 15) is 9.59 Å². The second kappa shape index (κ2) is 9.49. The molecule has 2 fully saturated rings. The van der Waals surface area contributed by atoms with Gasteiger partial charge in [0.1, 0.15) is 17.0 Å². The minimum absolute atomic E-state index is 0.219. The lowest BCUT2D eigenvalue weighted by atomic mass is 10.0. The van der Waals surface area contributed by atoms with Crippen LogP contribution in [0.4, 0.5) is 16.6 Å². The SMILES string of the molecule is CCOc1nc(N2CC3CN(C(=O)OC(C)(C)C)CC3C2)ncc1C(=O)Nc1cn2cc(C)nc2cn1. The molecule has 0 saturated carbocycles. The molecule has 1 N–H and O–H groups in total. The summed E-state index contributed by atoms with van der Waals surface area (Å²) >= 11 is 0. The fraction of sp³-hybridized carbons (Fsp3) is 0.520. The molecule has 0 bridgehead atoms. The number of hydrogen-bond donors (Lipinski definition) is 1. The maximum absolute atomic E-state index is 13.0. The first-order valence-electron chi connectivity index (χ1n) is 12.4. The lowest BCUT2D eigenvalue weighted by Gasteiger charge is -2.26. The van der Waals surface area contributed by atoms with E-state index < -0.39 is 11.5 Å². The van der Waals surface area contributed by atoms with Gasteiger partial charge in [0, 0.05) is 50.4 Å². The molecule has 12 nitrogen and oxygen atoms in total. The molecule has 0 aliphatic carbocycles. The van der Waals surface area contributed by atoms with Crippen LogP contribution in [0.25, 0.3) is 5.65 Å². The standard InChI is InChI=1S/C25H32N8O4/c1-6-36-22-18(21(34)29-19-14-31-9-15(2)28-20(31)8-26-19)7-27-23(30-22)32-10-16-12-33(13-17(16)11-32)24(35)37-25(3,4)5/h7-9,14,16-17H,6,10-13H2,1-5H3,(H,29,34). The van der Waals surface area contributed by atoms with E-state index in [0.717, 1.165) is 18.8 Å². The second-order valence-corrected chi connectivity index (χ2v) is 10.5. The molecule has 2 atom stereocenters. The topological polar surface area (TPSA) is 127 Å². The first-order valence-corrected chi connectivity index (χ1v) is 12.4. The summed E-state index contributed by atoms with van der Waals surface area (Å²) in [4.78, 5) is 47.1. The number of imidazole rings is 1. The van der Waals surface area contributed by atoms with Crippen molar-refractivity contribution >= 4 is 29.4 Å². The lowest BCUT2D eigenvalue weighted by Crippen LogP contribution is -2.37. The molecule has 2 amide bonds. The Morgan fingerprint density at radius 1 is 1.05 bits per heavy atom. The maximum atomic E-state index is 13.0. The summed E-state index contributed by atoms with van der Waals surface area (Å²) in [6.45, 7) is 12.4. The van der Waals surface area contributed by atoms with Crippen molar-refractivity contribution in [3.05, 3.63) is 36.0 Å². The van der Waals surface area contributed by atoms with Crippen LogP contribution < -0.4 is 15.0 Å². The Morgan fingerprint density at radius 2 is 1.78 bits per heavy atom. The van der Waals surface area contributed by atoms with Gasteiger partial charge in [-0.3, -0.25) is 4.79 Å². The molecule has 0 radical (unpaired) electrons. The Labute approximate surface area is 215 Å². The van der Waals surface area contributed by atoms with Gasteiger partial charge in [-0.15, -0.1) is 0 Å². The first kappa shape index (κ1) is 24.7. The molecule has 0 spiro atoms. The lowest BCUT2D eigenvalue weighted by molar-refractivity contribution is 0.0282. The molecule has 2 aliphatic rings. The van der Waals surface area contributed by atoms with E-state index in [1.54, 1.807) is 21.7 Å². The number of amides is 2. The number of fused-ring (bicyclic) bond motifs is 2. The summed E-state index contributed by atoms with van der Waals surface area (Å²) in [5.74, 6) is 1.31. The van der Waals surface area contributed by atoms with Gasteiger partial charge < -0.3 is 29.0 Å². The number of nitrogens with one attached hydrogen (secondary N) is 1. The molecule has 3 aromatic rings. The Hall–Kier alpha value is -3.96. The van der Waals surface area contributed by atoms with Crippen molar-refractivity contribution < 1.29 is 19.1 Å². The third-order valence-electron chi connectivity index (χ3n) is 6.39. The van der Waals surface area contributed by atoms with Crippen LogP contribution in [0.15, 0.2) is 24.8 Å². The van der Waals surface area contributed by atoms with Crippen molar-refractivity contribution in [2.24, 2.45) is 11.8 Å². The van der Waals surface area contributed by atoms with Gasteiger partial charge in [-0.1, -0.05) is 0 Å². The molecule has 5 heterocycles. The van der Waals surface area contributed by atoms with Crippen LogP contribution >= 0.6 is 0 Å². The van der Waals surface area contributed by atoms with Crippen LogP contribution in [0.5, 0.6) is 5.88 Å². The number of anilines is 2. The molecular weight excluding hydrogens is 476 g/mol. The van der Waals surface area contributed by atoms with Gasteiger partial charge in [0.15, 0.2) is 5.65 Å². The third-order valence-corrected chi connectivity index (χ3v) is 6.39. The number of aromatic nitrogens is 5. The Morgan fingerprint density at radius 3 is 2.46 bits per heavy atom. The van der Waals surface area contributed by atoms with Gasteiger partial charge in [0.05, 0.1) is 24.7 Å². The van der Waals surface area contributed by atoms with Crippen molar-refractivity contribution in [2.75, 3.05) is 43.0 Å². The number of aryl methyl sites for hydroxylation is 1. The average Bonchev–Trinajstić information content (AvgIpc) is 3.50. The molecule has 2 saturated heterocycles. The smallest absolute Gasteiger partial charge is 0.410 e. The van der Waals surface area contributed by atoms with E-state index in [-0.39, 0.29) is 17.5 Å². The van der Waals surface area contributed by atoms with Gasteiger partial charge in [-0.05, 0) is 34.6 Å². The highest BCUT2D eigenvalue weighted by molar-refractivity contribution is 6.05. The van der Waals surface area contributed by atoms with Crippen LogP contribution in [0, 0.1) is 18.8 Å². The molecule has 37 heavy (non-hydrogen) atoms. The van der Waals surface area contributed by atoms with E-state index in [4.69, 9.17) is 9.47 Å². The van der Waals surface area contributed by atoms with E-state index in [1.807, 2.05) is 40.8 Å². The van der Waals surface area contributed by atoms with Crippen molar-refractivity contribution in [1.29, 1.82) is 0 Å². The van der Waals surface area contributed by atoms with Crippen LogP contribution in [0.3, 0.4) is 0 Å². The molecule has 0 aromatic carbocycles. The minimum Gasteiger partial charge on any atom is -0.477 e. The highest BCUT2D eigenvalue weighted by atomic mass is 16.6. The van der Waals surface area contributed by atoms with Crippen molar-refractivity contribution in [2.45, 2.75) is 40.2 Å². The molecule has 12 heteroatoms. The normalized spacial score (nSPS) is 19.3. The van der Waals surface area contributed by atoms with Crippen LogP contribution in [0.1, 0.15) is 43.7 Å². The van der Waals surface area contributed by atoms with E-state index in [1.165, 1.54) is 6.20 Å². The van der Waals surface area contributed by atoms with E-state index in [2.05, 4.69) is 30.2 Å². The number of rotatable bonds is 5. The summed E-state index contributed by atoms with van der Waals surface area (Å²) < 4.78 is 13.0. The summed E-state index contributed by atoms with van der Waals surface area (Å²) in [5, 5.41) is 2.79. The average molecular weight is 509 g/mol. The minimum atomic E-state index is -0.514. The number of nitrogens with zero attached hydrogens (tertiary/aromatic N) is 7. The quantitative estimate of drug-likeness (QED) is 0.553. The van der Waals surface area contributed by atoms with Gasteiger partial charge in [0.25, 0.3) is 5.91 Å². The van der Waals surface area contributed by atoms with Crippen molar-refractivity contribution in [3.8, 4) is 5.88 Å². The zero-order chi connectivity index (χ0) is 26.3. The van der Waals surface area contributed by atoms with Gasteiger partial charge in [-0.2, -0.15) is 4.98 Å². The Bertz CT molecular complexity index is 1320. The third kappa shape index (κ3) is 5.27. The van der Waals surface area contributed by atoms with Crippen molar-refractivity contribution in [3.63, 3.8) is 0 Å². The summed E-state index contributed by atoms with van der Waals surface area (Å²) in [5.41, 5.74) is 1.27. The van der Waals surface area contributed by atoms with Crippen molar-refractivity contribution in [1.82, 2.24) is 29.2 Å². The number of carbonyl (C=O) groups is 2. The zero-order valence-corrected chi connectivity index (χ0v) is 21.8. The highest BCUT2D eigenvalue weighted by Gasteiger charge is 2.43. The molecule has 5 rings (SSSR count). The van der Waals surface area contributed by atoms with Crippen LogP contribution in [-0.4, -0.2) is 79.6 Å². The number of likely N-dealkylation sites (tertiary alicyclic amines) is 1. The number of ether oxygens (including phenoxy) is 2. The van der Waals surface area contributed by atoms with Gasteiger partial charge in [0.2, 0.25) is 11.8 Å². The molecule has 196 valence electrons. The molecule has 2 aliphatic heterocycles. The van der Waals surface area contributed by atoms with Crippen LogP contribution in [0.2, 0.25) is 0 Å². The second-order valence-electron chi connectivity index (χ2n) is 10.5. The summed E-state index contributed by atoms with van der Waals surface area (Å²) in [6.07, 6.45) is 6.38. The van der Waals surface area contributed by atoms with Crippen LogP contribution in [-0.2, 0) is 4.74 Å². The predicted octanol–water partition coefficient (Wildman–Crippen LogP) is 2.78. The molecule has 3 aromatic heterocycles. The van der Waals surface area contributed by atoms with E-state index >= 15 is 0 Å². The molecular formula is C25H32N8O4. The van der Waals surface area contributed by atoms with Gasteiger partial charge >= 0.3 is 6.09 Å². The number of hydrogen-bond acceptors (Lipinski definition) is 9. The fourth-order valence-electron chi connectivity index (χ4n) is 4.82. The Kier molecular flexibility index (Phi) is 6.34. The first-order chi connectivity index (χ1) is 17.6. The molecule has 2 unspecified atom stereocenters. The summed E-state index contributed by atoms with van der Waals surface area (Å²) in [7, 11) is 0. The highest BCUT2D eigenvalue weighted by Crippen LogP contribution is 2.34. The fourth-order valence-corrected chi connectivity index (χ4v) is 4.82. The van der Waals surface area contributed by atoms with E-state index in [0.29, 0.717) is 48.9 Å². The monoisotopic (exact) mass is 508 g/mol. The Balaban J connectivity index is 1.27. The zero-order valence-electron chi connectivity index (χ0n) is 21.8. The maximum Gasteiger partial charge on any atom is 0.410 e. The predicted molar refractivity (Wildman–Crippen MR) is 136 cm³/mol. The van der Waals surface area contributed by atoms with Gasteiger partial charge in [-0.25, -0.2) is 19.7 Å². The summed E-state index contributed by atoms with van der Waals surface area (Å²) in [6, 6.07) is 0. The largest absolute Gasteiger partial charge is 0.477 e.